The number of nitrogens with one attached hydrogen (secondary N) is 3. The molecule has 0 unspecified atom stereocenters. The van der Waals surface area contributed by atoms with Crippen molar-refractivity contribution in [3.8, 4) is 0 Å². The van der Waals surface area contributed by atoms with E-state index in [1.807, 2.05) is 30.3 Å². The summed E-state index contributed by atoms with van der Waals surface area (Å²) in [6.07, 6.45) is 1.52. The fourth-order valence-electron chi connectivity index (χ4n) is 1.88. The van der Waals surface area contributed by atoms with Crippen LogP contribution in [0, 0.1) is 5.92 Å². The van der Waals surface area contributed by atoms with Gasteiger partial charge in [-0.3, -0.25) is 9.79 Å². The number of nitrogens with zero attached hydrogens (tertiary/aromatic N) is 1. The SMILES string of the molecule is CN=C(NCCC(=O)NCc1ccccc1)NCCC(C)C. The molecule has 3 N–H and O–H groups in total. The van der Waals surface area contributed by atoms with Crippen LogP contribution in [0.3, 0.4) is 0 Å². The molecule has 0 saturated carbocycles. The Labute approximate surface area is 133 Å². The molecule has 0 aliphatic heterocycles. The van der Waals surface area contributed by atoms with Gasteiger partial charge in [0.2, 0.25) is 5.91 Å². The molecule has 122 valence electrons. The molecule has 1 rings (SSSR count). The van der Waals surface area contributed by atoms with Crippen LogP contribution in [0.5, 0.6) is 0 Å². The zero-order valence-electron chi connectivity index (χ0n) is 13.9. The highest BCUT2D eigenvalue weighted by atomic mass is 16.1. The van der Waals surface area contributed by atoms with Crippen molar-refractivity contribution in [1.29, 1.82) is 0 Å². The van der Waals surface area contributed by atoms with E-state index in [0.717, 1.165) is 24.5 Å². The number of hydrogen-bond donors (Lipinski definition) is 3. The van der Waals surface area contributed by atoms with Gasteiger partial charge in [-0.25, -0.2) is 0 Å². The van der Waals surface area contributed by atoms with E-state index < -0.39 is 0 Å². The molecule has 5 heteroatoms. The van der Waals surface area contributed by atoms with Gasteiger partial charge >= 0.3 is 0 Å². The smallest absolute Gasteiger partial charge is 0.222 e. The Balaban J connectivity index is 2.15. The predicted octanol–water partition coefficient (Wildman–Crippen LogP) is 1.90. The van der Waals surface area contributed by atoms with E-state index in [1.165, 1.54) is 0 Å². The fraction of sp³-hybridized carbons (Fsp3) is 0.529. The minimum absolute atomic E-state index is 0.0361. The molecule has 0 atom stereocenters. The van der Waals surface area contributed by atoms with Crippen molar-refractivity contribution in [2.75, 3.05) is 20.1 Å². The predicted molar refractivity (Wildman–Crippen MR) is 91.7 cm³/mol. The number of rotatable bonds is 8. The molecule has 0 aliphatic rings. The van der Waals surface area contributed by atoms with Gasteiger partial charge in [0.1, 0.15) is 0 Å². The fourth-order valence-corrected chi connectivity index (χ4v) is 1.88. The minimum Gasteiger partial charge on any atom is -0.356 e. The van der Waals surface area contributed by atoms with Crippen LogP contribution < -0.4 is 16.0 Å². The molecule has 0 radical (unpaired) electrons. The highest BCUT2D eigenvalue weighted by Crippen LogP contribution is 1.97. The average Bonchev–Trinajstić information content (AvgIpc) is 2.52. The summed E-state index contributed by atoms with van der Waals surface area (Å²) >= 11 is 0. The van der Waals surface area contributed by atoms with E-state index in [-0.39, 0.29) is 5.91 Å². The van der Waals surface area contributed by atoms with Gasteiger partial charge in [-0.15, -0.1) is 0 Å². The lowest BCUT2D eigenvalue weighted by Crippen LogP contribution is -2.39. The number of benzene rings is 1. The van der Waals surface area contributed by atoms with Crippen LogP contribution in [0.15, 0.2) is 35.3 Å². The van der Waals surface area contributed by atoms with Crippen LogP contribution in [-0.4, -0.2) is 32.0 Å². The maximum atomic E-state index is 11.8. The van der Waals surface area contributed by atoms with Crippen LogP contribution in [0.4, 0.5) is 0 Å². The Morgan fingerprint density at radius 1 is 1.09 bits per heavy atom. The van der Waals surface area contributed by atoms with E-state index >= 15 is 0 Å². The van der Waals surface area contributed by atoms with Crippen LogP contribution in [0.1, 0.15) is 32.3 Å². The lowest BCUT2D eigenvalue weighted by molar-refractivity contribution is -0.121. The number of aliphatic imine (C=N–C) groups is 1. The standard InChI is InChI=1S/C17H28N4O/c1-14(2)9-11-19-17(18-3)20-12-10-16(22)21-13-15-7-5-4-6-8-15/h4-8,14H,9-13H2,1-3H3,(H,21,22)(H2,18,19,20). The lowest BCUT2D eigenvalue weighted by Gasteiger charge is -2.12. The van der Waals surface area contributed by atoms with Crippen molar-refractivity contribution in [2.45, 2.75) is 33.2 Å². The molecule has 1 aromatic rings. The molecule has 0 saturated heterocycles. The third kappa shape index (κ3) is 8.29. The molecule has 0 aliphatic carbocycles. The molecule has 1 aromatic carbocycles. The largest absolute Gasteiger partial charge is 0.356 e. The Morgan fingerprint density at radius 2 is 1.77 bits per heavy atom. The van der Waals surface area contributed by atoms with E-state index in [1.54, 1.807) is 7.05 Å². The maximum Gasteiger partial charge on any atom is 0.222 e. The lowest BCUT2D eigenvalue weighted by atomic mass is 10.1. The summed E-state index contributed by atoms with van der Waals surface area (Å²) in [4.78, 5) is 15.9. The van der Waals surface area contributed by atoms with E-state index in [2.05, 4.69) is 34.8 Å². The molecule has 5 nitrogen and oxygen atoms in total. The zero-order chi connectivity index (χ0) is 16.2. The number of carbonyl (C=O) groups is 1. The summed E-state index contributed by atoms with van der Waals surface area (Å²) < 4.78 is 0. The number of guanidine groups is 1. The second-order valence-electron chi connectivity index (χ2n) is 5.62. The van der Waals surface area contributed by atoms with Crippen LogP contribution in [0.25, 0.3) is 0 Å². The first kappa shape index (κ1) is 18.0. The van der Waals surface area contributed by atoms with Gasteiger partial charge in [-0.05, 0) is 17.9 Å². The highest BCUT2D eigenvalue weighted by Gasteiger charge is 2.03. The van der Waals surface area contributed by atoms with Crippen molar-refractivity contribution < 1.29 is 4.79 Å². The first-order chi connectivity index (χ1) is 10.6. The summed E-state index contributed by atoms with van der Waals surface area (Å²) in [7, 11) is 1.74. The summed E-state index contributed by atoms with van der Waals surface area (Å²) in [6, 6.07) is 9.90. The molecule has 0 bridgehead atoms. The summed E-state index contributed by atoms with van der Waals surface area (Å²) in [6.45, 7) is 6.41. The first-order valence-electron chi connectivity index (χ1n) is 7.87. The van der Waals surface area contributed by atoms with E-state index in [4.69, 9.17) is 0 Å². The Hall–Kier alpha value is -2.04. The van der Waals surface area contributed by atoms with Gasteiger partial charge in [0, 0.05) is 33.1 Å². The van der Waals surface area contributed by atoms with E-state index in [9.17, 15) is 4.79 Å². The average molecular weight is 304 g/mol. The van der Waals surface area contributed by atoms with Gasteiger partial charge in [0.25, 0.3) is 0 Å². The van der Waals surface area contributed by atoms with Crippen molar-refractivity contribution in [3.63, 3.8) is 0 Å². The van der Waals surface area contributed by atoms with Crippen LogP contribution >= 0.6 is 0 Å². The van der Waals surface area contributed by atoms with Crippen molar-refractivity contribution in [1.82, 2.24) is 16.0 Å². The Kier molecular flexibility index (Phi) is 8.72. The van der Waals surface area contributed by atoms with Crippen molar-refractivity contribution >= 4 is 11.9 Å². The van der Waals surface area contributed by atoms with Gasteiger partial charge < -0.3 is 16.0 Å². The van der Waals surface area contributed by atoms with Crippen LogP contribution in [-0.2, 0) is 11.3 Å². The van der Waals surface area contributed by atoms with Crippen molar-refractivity contribution in [2.24, 2.45) is 10.9 Å². The third-order valence-corrected chi connectivity index (χ3v) is 3.21. The highest BCUT2D eigenvalue weighted by molar-refractivity contribution is 5.81. The summed E-state index contributed by atoms with van der Waals surface area (Å²) in [5.74, 6) is 1.44. The number of carbonyl (C=O) groups excluding carboxylic acids is 1. The molecule has 22 heavy (non-hydrogen) atoms. The minimum atomic E-state index is 0.0361. The van der Waals surface area contributed by atoms with Crippen molar-refractivity contribution in [3.05, 3.63) is 35.9 Å². The van der Waals surface area contributed by atoms with Crippen LogP contribution in [0.2, 0.25) is 0 Å². The number of hydrogen-bond acceptors (Lipinski definition) is 2. The second-order valence-corrected chi connectivity index (χ2v) is 5.62. The molecule has 0 fully saturated rings. The molecular formula is C17H28N4O. The molecular weight excluding hydrogens is 276 g/mol. The molecule has 0 aromatic heterocycles. The maximum absolute atomic E-state index is 11.8. The monoisotopic (exact) mass is 304 g/mol. The number of amides is 1. The van der Waals surface area contributed by atoms with Gasteiger partial charge in [0.05, 0.1) is 0 Å². The van der Waals surface area contributed by atoms with Gasteiger partial charge in [0.15, 0.2) is 5.96 Å². The molecule has 1 amide bonds. The van der Waals surface area contributed by atoms with Gasteiger partial charge in [-0.2, -0.15) is 0 Å². The second kappa shape index (κ2) is 10.7. The Morgan fingerprint density at radius 3 is 2.41 bits per heavy atom. The molecule has 0 spiro atoms. The topological polar surface area (TPSA) is 65.5 Å². The third-order valence-electron chi connectivity index (χ3n) is 3.21. The zero-order valence-corrected chi connectivity index (χ0v) is 13.9. The quantitative estimate of drug-likeness (QED) is 0.508. The first-order valence-corrected chi connectivity index (χ1v) is 7.87. The summed E-state index contributed by atoms with van der Waals surface area (Å²) in [5.41, 5.74) is 1.11. The molecule has 0 heterocycles. The van der Waals surface area contributed by atoms with Gasteiger partial charge in [-0.1, -0.05) is 44.2 Å². The normalized spacial score (nSPS) is 11.4. The Bertz CT molecular complexity index is 457. The summed E-state index contributed by atoms with van der Waals surface area (Å²) in [5, 5.41) is 9.30. The van der Waals surface area contributed by atoms with E-state index in [0.29, 0.717) is 25.4 Å².